The lowest BCUT2D eigenvalue weighted by Gasteiger charge is -2.04. The van der Waals surface area contributed by atoms with Crippen LogP contribution in [0, 0.1) is 0 Å². The number of hydrogen-bond acceptors (Lipinski definition) is 4. The molecule has 0 bridgehead atoms. The maximum atomic E-state index is 5.23. The van der Waals surface area contributed by atoms with E-state index in [1.54, 1.807) is 12.1 Å². The quantitative estimate of drug-likeness (QED) is 0.695. The van der Waals surface area contributed by atoms with Crippen LogP contribution in [0.25, 0.3) is 0 Å². The molecule has 0 unspecified atom stereocenters. The molecule has 0 spiro atoms. The summed E-state index contributed by atoms with van der Waals surface area (Å²) in [5.41, 5.74) is 0. The first-order chi connectivity index (χ1) is 6.36. The van der Waals surface area contributed by atoms with Gasteiger partial charge in [-0.25, -0.2) is 9.97 Å². The van der Waals surface area contributed by atoms with E-state index in [1.807, 2.05) is 6.92 Å². The smallest absolute Gasteiger partial charge is 0.218 e. The molecule has 0 amide bonds. The first-order valence-corrected chi connectivity index (χ1v) is 4.16. The first kappa shape index (κ1) is 9.51. The molecule has 1 rings (SSSR count). The van der Waals surface area contributed by atoms with Gasteiger partial charge in [0.15, 0.2) is 0 Å². The highest BCUT2D eigenvalue weighted by atomic mass is 16.5. The molecular weight excluding hydrogens is 166 g/mol. The number of nitrogens with zero attached hydrogens (tertiary/aromatic N) is 2. The molecule has 70 valence electrons. The van der Waals surface area contributed by atoms with Crippen LogP contribution in [0.5, 0.6) is 5.88 Å². The third kappa shape index (κ3) is 3.11. The van der Waals surface area contributed by atoms with Gasteiger partial charge in [0, 0.05) is 12.6 Å². The average Bonchev–Trinajstić information content (AvgIpc) is 2.16. The fourth-order valence-corrected chi connectivity index (χ4v) is 0.840. The second kappa shape index (κ2) is 5.13. The van der Waals surface area contributed by atoms with Crippen LogP contribution in [0.15, 0.2) is 25.0 Å². The van der Waals surface area contributed by atoms with Gasteiger partial charge in [-0.3, -0.25) is 0 Å². The number of anilines is 1. The van der Waals surface area contributed by atoms with Crippen molar-refractivity contribution in [2.75, 3.05) is 18.5 Å². The molecule has 4 nitrogen and oxygen atoms in total. The Kier molecular flexibility index (Phi) is 3.75. The first-order valence-electron chi connectivity index (χ1n) is 4.16. The van der Waals surface area contributed by atoms with Gasteiger partial charge in [0.2, 0.25) is 5.88 Å². The molecule has 0 aromatic carbocycles. The van der Waals surface area contributed by atoms with Crippen molar-refractivity contribution in [3.63, 3.8) is 0 Å². The van der Waals surface area contributed by atoms with Crippen LogP contribution in [0.3, 0.4) is 0 Å². The van der Waals surface area contributed by atoms with Crippen LogP contribution in [-0.4, -0.2) is 23.1 Å². The van der Waals surface area contributed by atoms with Crippen molar-refractivity contribution < 1.29 is 4.74 Å². The van der Waals surface area contributed by atoms with Crippen LogP contribution >= 0.6 is 0 Å². The van der Waals surface area contributed by atoms with Crippen LogP contribution in [0.4, 0.5) is 5.82 Å². The molecule has 0 saturated carbocycles. The van der Waals surface area contributed by atoms with Crippen molar-refractivity contribution in [3.05, 3.63) is 25.0 Å². The molecule has 0 atom stereocenters. The zero-order valence-corrected chi connectivity index (χ0v) is 7.66. The van der Waals surface area contributed by atoms with Crippen molar-refractivity contribution >= 4 is 5.82 Å². The molecule has 0 saturated heterocycles. The fourth-order valence-electron chi connectivity index (χ4n) is 0.840. The van der Waals surface area contributed by atoms with Gasteiger partial charge >= 0.3 is 0 Å². The summed E-state index contributed by atoms with van der Waals surface area (Å²) in [4.78, 5) is 7.95. The van der Waals surface area contributed by atoms with E-state index in [9.17, 15) is 0 Å². The normalized spacial score (nSPS) is 9.31. The molecular formula is C9H13N3O. The zero-order valence-electron chi connectivity index (χ0n) is 7.66. The largest absolute Gasteiger partial charge is 0.473 e. The highest BCUT2D eigenvalue weighted by molar-refractivity contribution is 5.36. The average molecular weight is 179 g/mol. The number of nitrogens with one attached hydrogen (secondary N) is 1. The fraction of sp³-hybridized carbons (Fsp3) is 0.333. The van der Waals surface area contributed by atoms with E-state index >= 15 is 0 Å². The van der Waals surface area contributed by atoms with Crippen molar-refractivity contribution in [2.45, 2.75) is 6.92 Å². The molecule has 0 radical (unpaired) electrons. The van der Waals surface area contributed by atoms with E-state index in [0.29, 0.717) is 12.5 Å². The Bertz CT molecular complexity index is 275. The Morgan fingerprint density at radius 1 is 1.62 bits per heavy atom. The molecule has 1 heterocycles. The molecule has 1 N–H and O–H groups in total. The second-order valence-corrected chi connectivity index (χ2v) is 2.37. The molecule has 1 aromatic rings. The summed E-state index contributed by atoms with van der Waals surface area (Å²) in [5, 5.41) is 3.07. The molecule has 13 heavy (non-hydrogen) atoms. The monoisotopic (exact) mass is 179 g/mol. The molecule has 0 aliphatic heterocycles. The van der Waals surface area contributed by atoms with Gasteiger partial charge in [0.1, 0.15) is 18.8 Å². The Hall–Kier alpha value is -1.58. The van der Waals surface area contributed by atoms with Gasteiger partial charge in [-0.2, -0.15) is 0 Å². The van der Waals surface area contributed by atoms with Gasteiger partial charge in [-0.15, -0.1) is 0 Å². The zero-order chi connectivity index (χ0) is 9.52. The Balaban J connectivity index is 2.61. The lowest BCUT2D eigenvalue weighted by molar-refractivity contribution is 0.348. The molecule has 1 aromatic heterocycles. The van der Waals surface area contributed by atoms with E-state index < -0.39 is 0 Å². The summed E-state index contributed by atoms with van der Waals surface area (Å²) < 4.78 is 5.23. The van der Waals surface area contributed by atoms with E-state index in [1.165, 1.54) is 6.33 Å². The minimum atomic E-state index is 0.461. The maximum absolute atomic E-state index is 5.23. The summed E-state index contributed by atoms with van der Waals surface area (Å²) in [7, 11) is 0. The van der Waals surface area contributed by atoms with E-state index in [4.69, 9.17) is 4.74 Å². The minimum Gasteiger partial charge on any atom is -0.473 e. The Morgan fingerprint density at radius 3 is 3.15 bits per heavy atom. The van der Waals surface area contributed by atoms with Gasteiger partial charge in [-0.1, -0.05) is 12.7 Å². The highest BCUT2D eigenvalue weighted by Gasteiger charge is 1.96. The summed E-state index contributed by atoms with van der Waals surface area (Å²) in [5.74, 6) is 1.34. The summed E-state index contributed by atoms with van der Waals surface area (Å²) in [6, 6.07) is 1.76. The number of rotatable bonds is 5. The Morgan fingerprint density at radius 2 is 2.46 bits per heavy atom. The van der Waals surface area contributed by atoms with Gasteiger partial charge in [0.05, 0.1) is 0 Å². The predicted octanol–water partition coefficient (Wildman–Crippen LogP) is 1.47. The minimum absolute atomic E-state index is 0.461. The number of ether oxygens (including phenoxy) is 1. The van der Waals surface area contributed by atoms with Gasteiger partial charge in [-0.05, 0) is 6.92 Å². The van der Waals surface area contributed by atoms with Gasteiger partial charge in [0.25, 0.3) is 0 Å². The van der Waals surface area contributed by atoms with E-state index in [-0.39, 0.29) is 0 Å². The van der Waals surface area contributed by atoms with Crippen LogP contribution in [0.2, 0.25) is 0 Å². The number of hydrogen-bond donors (Lipinski definition) is 1. The summed E-state index contributed by atoms with van der Waals surface area (Å²) >= 11 is 0. The van der Waals surface area contributed by atoms with Gasteiger partial charge < -0.3 is 10.1 Å². The van der Waals surface area contributed by atoms with E-state index in [2.05, 4.69) is 21.9 Å². The lowest BCUT2D eigenvalue weighted by atomic mass is 10.5. The SMILES string of the molecule is C=CCOc1cc(NCC)ncn1. The summed E-state index contributed by atoms with van der Waals surface area (Å²) in [6.07, 6.45) is 3.14. The maximum Gasteiger partial charge on any atom is 0.218 e. The predicted molar refractivity (Wildman–Crippen MR) is 51.9 cm³/mol. The van der Waals surface area contributed by atoms with E-state index in [0.717, 1.165) is 12.4 Å². The van der Waals surface area contributed by atoms with Crippen LogP contribution < -0.4 is 10.1 Å². The van der Waals surface area contributed by atoms with Crippen LogP contribution in [-0.2, 0) is 0 Å². The van der Waals surface area contributed by atoms with Crippen molar-refractivity contribution in [3.8, 4) is 5.88 Å². The topological polar surface area (TPSA) is 47.0 Å². The third-order valence-electron chi connectivity index (χ3n) is 1.35. The molecule has 4 heteroatoms. The van der Waals surface area contributed by atoms with Crippen LogP contribution in [0.1, 0.15) is 6.92 Å². The van der Waals surface area contributed by atoms with Crippen molar-refractivity contribution in [1.29, 1.82) is 0 Å². The molecule has 0 aliphatic carbocycles. The molecule has 0 fully saturated rings. The van der Waals surface area contributed by atoms with Crippen molar-refractivity contribution in [2.24, 2.45) is 0 Å². The lowest BCUT2D eigenvalue weighted by Crippen LogP contribution is -2.01. The van der Waals surface area contributed by atoms with Crippen molar-refractivity contribution in [1.82, 2.24) is 9.97 Å². The molecule has 0 aliphatic rings. The Labute approximate surface area is 77.7 Å². The standard InChI is InChI=1S/C9H13N3O/c1-3-5-13-9-6-8(10-4-2)11-7-12-9/h3,6-7H,1,4-5H2,2H3,(H,10,11,12). The third-order valence-corrected chi connectivity index (χ3v) is 1.35. The summed E-state index contributed by atoms with van der Waals surface area (Å²) in [6.45, 7) is 6.85. The second-order valence-electron chi connectivity index (χ2n) is 2.37. The number of aromatic nitrogens is 2. The highest BCUT2D eigenvalue weighted by Crippen LogP contribution is 2.10.